The highest BCUT2D eigenvalue weighted by molar-refractivity contribution is 6.02. The summed E-state index contributed by atoms with van der Waals surface area (Å²) in [6, 6.07) is 22.3. The van der Waals surface area contributed by atoms with Crippen molar-refractivity contribution in [2.24, 2.45) is 0 Å². The number of rotatable bonds is 10. The molecule has 10 heteroatoms. The number of para-hydroxylation sites is 2. The Morgan fingerprint density at radius 2 is 1.50 bits per heavy atom. The Morgan fingerprint density at radius 3 is 2.20 bits per heavy atom. The molecule has 0 bridgehead atoms. The standard InChI is InChI=1S/C30H35N5O5/c1-3-40-28(36)21-32-30(38)33-23-13-14-25(24(19-23)29(37)31-20-22-9-5-4-6-10-22)34-15-17-35(18-16-34)26-11-7-8-12-27(26)39-2/h4-14,19H,3,15-18,20-21H2,1-2H3,(H,31,37)(H2,32,33,38). The highest BCUT2D eigenvalue weighted by Gasteiger charge is 2.24. The number of nitrogens with one attached hydrogen (secondary N) is 3. The van der Waals surface area contributed by atoms with Crippen molar-refractivity contribution in [2.45, 2.75) is 13.5 Å². The van der Waals surface area contributed by atoms with E-state index in [0.29, 0.717) is 30.9 Å². The Hall–Kier alpha value is -4.73. The van der Waals surface area contributed by atoms with Crippen LogP contribution in [0.4, 0.5) is 21.9 Å². The number of anilines is 3. The number of methoxy groups -OCH3 is 1. The fourth-order valence-corrected chi connectivity index (χ4v) is 4.56. The highest BCUT2D eigenvalue weighted by atomic mass is 16.5. The predicted molar refractivity (Wildman–Crippen MR) is 155 cm³/mol. The number of nitrogens with zero attached hydrogens (tertiary/aromatic N) is 2. The Kier molecular flexibility index (Phi) is 9.82. The molecule has 0 aromatic heterocycles. The first kappa shape index (κ1) is 28.3. The number of ether oxygens (including phenoxy) is 2. The molecular formula is C30H35N5O5. The fourth-order valence-electron chi connectivity index (χ4n) is 4.56. The fraction of sp³-hybridized carbons (Fsp3) is 0.300. The largest absolute Gasteiger partial charge is 0.495 e. The van der Waals surface area contributed by atoms with Gasteiger partial charge >= 0.3 is 12.0 Å². The monoisotopic (exact) mass is 545 g/mol. The van der Waals surface area contributed by atoms with Crippen LogP contribution >= 0.6 is 0 Å². The second-order valence-electron chi connectivity index (χ2n) is 9.16. The molecule has 0 radical (unpaired) electrons. The second-order valence-corrected chi connectivity index (χ2v) is 9.16. The molecule has 1 aliphatic rings. The molecule has 4 rings (SSSR count). The van der Waals surface area contributed by atoms with E-state index < -0.39 is 12.0 Å². The molecule has 0 saturated carbocycles. The lowest BCUT2D eigenvalue weighted by molar-refractivity contribution is -0.141. The summed E-state index contributed by atoms with van der Waals surface area (Å²) < 4.78 is 10.4. The Morgan fingerprint density at radius 1 is 0.825 bits per heavy atom. The van der Waals surface area contributed by atoms with Crippen molar-refractivity contribution in [1.82, 2.24) is 10.6 Å². The number of benzene rings is 3. The normalized spacial score (nSPS) is 12.8. The first-order valence-corrected chi connectivity index (χ1v) is 13.3. The van der Waals surface area contributed by atoms with Crippen LogP contribution in [0.5, 0.6) is 5.75 Å². The van der Waals surface area contributed by atoms with Crippen LogP contribution in [-0.2, 0) is 16.1 Å². The Bertz CT molecular complexity index is 1310. The molecular weight excluding hydrogens is 510 g/mol. The molecule has 1 fully saturated rings. The van der Waals surface area contributed by atoms with Gasteiger partial charge in [0.2, 0.25) is 0 Å². The van der Waals surface area contributed by atoms with Crippen molar-refractivity contribution >= 4 is 35.0 Å². The van der Waals surface area contributed by atoms with Gasteiger partial charge in [-0.3, -0.25) is 9.59 Å². The summed E-state index contributed by atoms with van der Waals surface area (Å²) in [7, 11) is 1.67. The van der Waals surface area contributed by atoms with Crippen molar-refractivity contribution in [2.75, 3.05) is 61.6 Å². The van der Waals surface area contributed by atoms with Crippen LogP contribution in [0.25, 0.3) is 0 Å². The van der Waals surface area contributed by atoms with Gasteiger partial charge < -0.3 is 35.2 Å². The third-order valence-corrected chi connectivity index (χ3v) is 6.54. The lowest BCUT2D eigenvalue weighted by atomic mass is 10.1. The van der Waals surface area contributed by atoms with Crippen LogP contribution < -0.4 is 30.5 Å². The average molecular weight is 546 g/mol. The van der Waals surface area contributed by atoms with Crippen LogP contribution in [-0.4, -0.2) is 64.3 Å². The Balaban J connectivity index is 1.49. The maximum atomic E-state index is 13.4. The van der Waals surface area contributed by atoms with Gasteiger partial charge in [-0.1, -0.05) is 42.5 Å². The number of hydrogen-bond acceptors (Lipinski definition) is 7. The molecule has 210 valence electrons. The molecule has 1 aliphatic heterocycles. The number of esters is 1. The summed E-state index contributed by atoms with van der Waals surface area (Å²) in [6.45, 7) is 4.95. The number of urea groups is 1. The third-order valence-electron chi connectivity index (χ3n) is 6.54. The second kappa shape index (κ2) is 13.9. The maximum Gasteiger partial charge on any atom is 0.325 e. The van der Waals surface area contributed by atoms with Gasteiger partial charge in [-0.25, -0.2) is 4.79 Å². The van der Waals surface area contributed by atoms with E-state index >= 15 is 0 Å². The summed E-state index contributed by atoms with van der Waals surface area (Å²) in [5, 5.41) is 8.17. The SMILES string of the molecule is CCOC(=O)CNC(=O)Nc1ccc(N2CCN(c3ccccc3OC)CC2)c(C(=O)NCc2ccccc2)c1. The van der Waals surface area contributed by atoms with Crippen molar-refractivity contribution in [1.29, 1.82) is 0 Å². The van der Waals surface area contributed by atoms with E-state index in [1.54, 1.807) is 26.2 Å². The van der Waals surface area contributed by atoms with Gasteiger partial charge in [0, 0.05) is 44.1 Å². The minimum absolute atomic E-state index is 0.234. The molecule has 3 aromatic carbocycles. The molecule has 3 N–H and O–H groups in total. The predicted octanol–water partition coefficient (Wildman–Crippen LogP) is 3.64. The van der Waals surface area contributed by atoms with E-state index in [2.05, 4.69) is 25.8 Å². The number of amides is 3. The first-order chi connectivity index (χ1) is 19.5. The van der Waals surface area contributed by atoms with Gasteiger partial charge in [0.15, 0.2) is 0 Å². The summed E-state index contributed by atoms with van der Waals surface area (Å²) in [6.07, 6.45) is 0. The van der Waals surface area contributed by atoms with Crippen LogP contribution in [0.3, 0.4) is 0 Å². The zero-order valence-electron chi connectivity index (χ0n) is 22.8. The van der Waals surface area contributed by atoms with Crippen molar-refractivity contribution in [3.63, 3.8) is 0 Å². The molecule has 0 aliphatic carbocycles. The summed E-state index contributed by atoms with van der Waals surface area (Å²) in [5.74, 6) is 0.0522. The van der Waals surface area contributed by atoms with E-state index in [1.165, 1.54) is 0 Å². The van der Waals surface area contributed by atoms with Gasteiger partial charge in [-0.05, 0) is 42.8 Å². The van der Waals surface area contributed by atoms with Crippen LogP contribution in [0.2, 0.25) is 0 Å². The number of carbonyl (C=O) groups excluding carboxylic acids is 3. The molecule has 10 nitrogen and oxygen atoms in total. The smallest absolute Gasteiger partial charge is 0.325 e. The quantitative estimate of drug-likeness (QED) is 0.334. The average Bonchev–Trinajstić information content (AvgIpc) is 2.99. The van der Waals surface area contributed by atoms with Crippen molar-refractivity contribution in [3.8, 4) is 5.75 Å². The molecule has 3 amide bonds. The first-order valence-electron chi connectivity index (χ1n) is 13.3. The van der Waals surface area contributed by atoms with Gasteiger partial charge in [0.1, 0.15) is 12.3 Å². The van der Waals surface area contributed by atoms with Gasteiger partial charge in [-0.15, -0.1) is 0 Å². The number of piperazine rings is 1. The van der Waals surface area contributed by atoms with Gasteiger partial charge in [-0.2, -0.15) is 0 Å². The van der Waals surface area contributed by atoms with Gasteiger partial charge in [0.25, 0.3) is 5.91 Å². The third kappa shape index (κ3) is 7.43. The van der Waals surface area contributed by atoms with Crippen molar-refractivity contribution in [3.05, 3.63) is 83.9 Å². The Labute approximate surface area is 234 Å². The van der Waals surface area contributed by atoms with Crippen LogP contribution in [0.1, 0.15) is 22.8 Å². The van der Waals surface area contributed by atoms with E-state index in [9.17, 15) is 14.4 Å². The number of hydrogen-bond donors (Lipinski definition) is 3. The summed E-state index contributed by atoms with van der Waals surface area (Å²) >= 11 is 0. The summed E-state index contributed by atoms with van der Waals surface area (Å²) in [4.78, 5) is 41.8. The van der Waals surface area contributed by atoms with E-state index in [4.69, 9.17) is 9.47 Å². The lowest BCUT2D eigenvalue weighted by Gasteiger charge is -2.38. The summed E-state index contributed by atoms with van der Waals surface area (Å²) in [5.41, 5.74) is 3.68. The van der Waals surface area contributed by atoms with Crippen molar-refractivity contribution < 1.29 is 23.9 Å². The minimum atomic E-state index is -0.568. The lowest BCUT2D eigenvalue weighted by Crippen LogP contribution is -2.47. The molecule has 0 spiro atoms. The maximum absolute atomic E-state index is 13.4. The molecule has 1 heterocycles. The number of carbonyl (C=O) groups is 3. The molecule has 40 heavy (non-hydrogen) atoms. The topological polar surface area (TPSA) is 112 Å². The molecule has 1 saturated heterocycles. The minimum Gasteiger partial charge on any atom is -0.495 e. The van der Waals surface area contributed by atoms with E-state index in [1.807, 2.05) is 60.7 Å². The van der Waals surface area contributed by atoms with Gasteiger partial charge in [0.05, 0.1) is 25.0 Å². The molecule has 3 aromatic rings. The zero-order chi connectivity index (χ0) is 28.3. The molecule has 0 atom stereocenters. The molecule has 0 unspecified atom stereocenters. The van der Waals surface area contributed by atoms with Crippen LogP contribution in [0, 0.1) is 0 Å². The zero-order valence-corrected chi connectivity index (χ0v) is 22.8. The van der Waals surface area contributed by atoms with E-state index in [-0.39, 0.29) is 19.1 Å². The van der Waals surface area contributed by atoms with Crippen LogP contribution in [0.15, 0.2) is 72.8 Å². The highest BCUT2D eigenvalue weighted by Crippen LogP contribution is 2.31. The van der Waals surface area contributed by atoms with E-state index in [0.717, 1.165) is 35.8 Å².